The Morgan fingerprint density at radius 2 is 1.19 bits per heavy atom. The molecule has 1 aliphatic carbocycles. The lowest BCUT2D eigenvalue weighted by molar-refractivity contribution is 0.481. The van der Waals surface area contributed by atoms with Crippen LogP contribution >= 0.6 is 0 Å². The van der Waals surface area contributed by atoms with Crippen LogP contribution in [-0.2, 0) is 5.41 Å². The van der Waals surface area contributed by atoms with Crippen molar-refractivity contribution in [1.29, 1.82) is 0 Å². The molecule has 2 heterocycles. The first kappa shape index (κ1) is 37.0. The van der Waals surface area contributed by atoms with Crippen molar-refractivity contribution < 1.29 is 0 Å². The van der Waals surface area contributed by atoms with E-state index in [4.69, 9.17) is 0 Å². The molecule has 3 nitrogen and oxygen atoms in total. The summed E-state index contributed by atoms with van der Waals surface area (Å²) in [6, 6.07) is 52.9. The molecule has 0 saturated carbocycles. The molecule has 0 aromatic heterocycles. The molecule has 0 amide bonds. The van der Waals surface area contributed by atoms with E-state index in [1.807, 2.05) is 0 Å². The fourth-order valence-electron chi connectivity index (χ4n) is 9.43. The van der Waals surface area contributed by atoms with Crippen LogP contribution in [0.25, 0.3) is 10.8 Å². The van der Waals surface area contributed by atoms with Crippen LogP contribution < -0.4 is 31.1 Å². The second-order valence-electron chi connectivity index (χ2n) is 18.7. The molecular weight excluding hydrogens is 713 g/mol. The molecule has 290 valence electrons. The first-order valence-corrected chi connectivity index (χ1v) is 21.2. The summed E-state index contributed by atoms with van der Waals surface area (Å²) >= 11 is 0. The largest absolute Gasteiger partial charge is 0.312 e. The molecule has 0 saturated heterocycles. The van der Waals surface area contributed by atoms with Crippen molar-refractivity contribution in [3.8, 4) is 0 Å². The Hall–Kier alpha value is -6.26. The van der Waals surface area contributed by atoms with Crippen molar-refractivity contribution in [3.63, 3.8) is 0 Å². The van der Waals surface area contributed by atoms with E-state index in [1.54, 1.807) is 0 Å². The summed E-state index contributed by atoms with van der Waals surface area (Å²) in [5, 5.41) is 2.46. The highest BCUT2D eigenvalue weighted by atomic mass is 15.2. The summed E-state index contributed by atoms with van der Waals surface area (Å²) in [4.78, 5) is 7.58. The first-order valence-electron chi connectivity index (χ1n) is 21.2. The Kier molecular flexibility index (Phi) is 8.58. The van der Waals surface area contributed by atoms with Crippen LogP contribution in [0.4, 0.5) is 45.5 Å². The fourth-order valence-corrected chi connectivity index (χ4v) is 9.43. The average Bonchev–Trinajstić information content (AvgIpc) is 3.22. The fraction of sp³-hybridized carbons (Fsp3) is 0.200. The predicted molar refractivity (Wildman–Crippen MR) is 255 cm³/mol. The Balaban J connectivity index is 1.31. The number of rotatable bonds is 5. The third kappa shape index (κ3) is 6.28. The highest BCUT2D eigenvalue weighted by Gasteiger charge is 2.45. The van der Waals surface area contributed by atoms with E-state index in [-0.39, 0.29) is 17.5 Å². The van der Waals surface area contributed by atoms with Crippen LogP contribution in [-0.4, -0.2) is 6.71 Å². The topological polar surface area (TPSA) is 9.72 Å². The van der Waals surface area contributed by atoms with E-state index in [1.165, 1.54) is 83.5 Å². The van der Waals surface area contributed by atoms with Gasteiger partial charge in [-0.2, -0.15) is 0 Å². The van der Waals surface area contributed by atoms with E-state index in [0.717, 1.165) is 23.5 Å². The lowest BCUT2D eigenvalue weighted by Crippen LogP contribution is -2.62. The summed E-state index contributed by atoms with van der Waals surface area (Å²) in [6.45, 7) is 18.3. The Morgan fingerprint density at radius 3 is 1.85 bits per heavy atom. The van der Waals surface area contributed by atoms with E-state index in [0.29, 0.717) is 0 Å². The van der Waals surface area contributed by atoms with Crippen molar-refractivity contribution in [2.24, 2.45) is 5.41 Å². The third-order valence-corrected chi connectivity index (χ3v) is 12.7. The monoisotopic (exact) mass is 765 g/mol. The standard InChI is InChI=1S/C55H52BN3/c1-36-16-21-41(22-17-36)57(42-23-18-37(2)19-24-42)44-25-26-46-50(35-44)59(48-15-11-13-39-12-9-10-14-45(39)48)52-34-40(54(4,5)6)33-51-53(52)56(46)47-32-38(3)20-27-49(47)58(51)43-28-30-55(7,8)31-29-43/h9-30,32-35H,31H2,1-8H3. The van der Waals surface area contributed by atoms with Gasteiger partial charge in [0.25, 0.3) is 6.71 Å². The molecule has 0 unspecified atom stereocenters. The number of nitrogens with zero attached hydrogens (tertiary/aromatic N) is 3. The van der Waals surface area contributed by atoms with Crippen LogP contribution in [0.2, 0.25) is 0 Å². The van der Waals surface area contributed by atoms with Crippen molar-refractivity contribution in [3.05, 3.63) is 186 Å². The molecule has 0 fully saturated rings. The number of aryl methyl sites for hydroxylation is 3. The SMILES string of the molecule is Cc1ccc(N(c2ccc(C)cc2)c2ccc3c(c2)N(c2cccc4ccccc24)c2cc(C(C)(C)C)cc4c2B3c2cc(C)ccc2N4C2=CCC(C)(C)C=C2)cc1. The quantitative estimate of drug-likeness (QED) is 0.162. The van der Waals surface area contributed by atoms with Crippen molar-refractivity contribution in [1.82, 2.24) is 0 Å². The molecule has 3 aliphatic rings. The minimum absolute atomic E-state index is 0.0345. The number of anilines is 8. The average molecular weight is 766 g/mol. The minimum Gasteiger partial charge on any atom is -0.312 e. The maximum Gasteiger partial charge on any atom is 0.252 e. The number of allylic oxidation sites excluding steroid dienone is 3. The van der Waals surface area contributed by atoms with Gasteiger partial charge in [-0.25, -0.2) is 0 Å². The minimum atomic E-state index is -0.0980. The summed E-state index contributed by atoms with van der Waals surface area (Å²) in [6.07, 6.45) is 8.21. The highest BCUT2D eigenvalue weighted by molar-refractivity contribution is 7.00. The molecule has 10 rings (SSSR count). The van der Waals surface area contributed by atoms with Gasteiger partial charge in [0.2, 0.25) is 0 Å². The van der Waals surface area contributed by atoms with E-state index in [9.17, 15) is 0 Å². The Bertz CT molecular complexity index is 2810. The van der Waals surface area contributed by atoms with Gasteiger partial charge >= 0.3 is 0 Å². The van der Waals surface area contributed by atoms with Crippen molar-refractivity contribution in [2.45, 2.75) is 67.2 Å². The Labute approximate surface area is 351 Å². The smallest absolute Gasteiger partial charge is 0.252 e. The summed E-state index contributed by atoms with van der Waals surface area (Å²) < 4.78 is 0. The molecule has 4 heteroatoms. The van der Waals surface area contributed by atoms with Gasteiger partial charge in [0.1, 0.15) is 0 Å². The molecule has 2 aliphatic heterocycles. The van der Waals surface area contributed by atoms with Gasteiger partial charge in [0.15, 0.2) is 0 Å². The van der Waals surface area contributed by atoms with Crippen LogP contribution in [0, 0.1) is 26.2 Å². The third-order valence-electron chi connectivity index (χ3n) is 12.7. The van der Waals surface area contributed by atoms with Gasteiger partial charge in [0.05, 0.1) is 5.69 Å². The maximum atomic E-state index is 2.60. The Morgan fingerprint density at radius 1 is 0.559 bits per heavy atom. The van der Waals surface area contributed by atoms with E-state index in [2.05, 4.69) is 228 Å². The maximum absolute atomic E-state index is 2.60. The van der Waals surface area contributed by atoms with Crippen LogP contribution in [0.5, 0.6) is 0 Å². The van der Waals surface area contributed by atoms with E-state index >= 15 is 0 Å². The van der Waals surface area contributed by atoms with Crippen molar-refractivity contribution >= 4 is 79.4 Å². The molecule has 0 atom stereocenters. The zero-order chi connectivity index (χ0) is 40.8. The lowest BCUT2D eigenvalue weighted by Gasteiger charge is -2.46. The van der Waals surface area contributed by atoms with E-state index < -0.39 is 0 Å². The van der Waals surface area contributed by atoms with Crippen molar-refractivity contribution in [2.75, 3.05) is 14.7 Å². The zero-order valence-corrected chi connectivity index (χ0v) is 35.6. The molecular formula is C55H52BN3. The van der Waals surface area contributed by atoms with Gasteiger partial charge < -0.3 is 14.7 Å². The number of hydrogen-bond acceptors (Lipinski definition) is 3. The summed E-state index contributed by atoms with van der Waals surface area (Å²) in [7, 11) is 0. The molecule has 0 N–H and O–H groups in total. The normalized spacial score (nSPS) is 15.1. The van der Waals surface area contributed by atoms with Gasteiger partial charge in [-0.05, 0) is 132 Å². The molecule has 0 spiro atoms. The zero-order valence-electron chi connectivity index (χ0n) is 35.6. The molecule has 7 aromatic carbocycles. The number of benzene rings is 7. The number of hydrogen-bond donors (Lipinski definition) is 0. The van der Waals surface area contributed by atoms with Gasteiger partial charge in [-0.3, -0.25) is 0 Å². The second kappa shape index (κ2) is 13.7. The summed E-state index contributed by atoms with van der Waals surface area (Å²) in [5.41, 5.74) is 19.9. The van der Waals surface area contributed by atoms with Gasteiger partial charge in [-0.15, -0.1) is 0 Å². The molecule has 7 aromatic rings. The molecule has 0 bridgehead atoms. The van der Waals surface area contributed by atoms with Crippen LogP contribution in [0.3, 0.4) is 0 Å². The summed E-state index contributed by atoms with van der Waals surface area (Å²) in [5.74, 6) is 0. The second-order valence-corrected chi connectivity index (χ2v) is 18.7. The highest BCUT2D eigenvalue weighted by Crippen LogP contribution is 2.48. The molecule has 0 radical (unpaired) electrons. The van der Waals surface area contributed by atoms with Crippen LogP contribution in [0.15, 0.2) is 163 Å². The van der Waals surface area contributed by atoms with Gasteiger partial charge in [-0.1, -0.05) is 142 Å². The lowest BCUT2D eigenvalue weighted by atomic mass is 9.33. The molecule has 59 heavy (non-hydrogen) atoms. The van der Waals surface area contributed by atoms with Gasteiger partial charge in [0, 0.05) is 50.9 Å². The predicted octanol–water partition coefficient (Wildman–Crippen LogP) is 13.2. The number of fused-ring (bicyclic) bond motifs is 5. The first-order chi connectivity index (χ1) is 28.3. The van der Waals surface area contributed by atoms with Crippen LogP contribution in [0.1, 0.15) is 63.3 Å².